The van der Waals surface area contributed by atoms with Gasteiger partial charge in [0.15, 0.2) is 0 Å². The van der Waals surface area contributed by atoms with Gasteiger partial charge in [-0.05, 0) is 69.6 Å². The molecule has 0 spiro atoms. The van der Waals surface area contributed by atoms with E-state index in [2.05, 4.69) is 9.97 Å². The van der Waals surface area contributed by atoms with Crippen molar-refractivity contribution in [2.75, 3.05) is 57.4 Å². The maximum atomic E-state index is 13.6. The summed E-state index contributed by atoms with van der Waals surface area (Å²) in [7, 11) is 0. The number of H-pyrrole nitrogens is 1. The number of aromatic amines is 1. The number of hydrogen-bond donors (Lipinski definition) is 1. The van der Waals surface area contributed by atoms with Gasteiger partial charge in [0, 0.05) is 56.9 Å². The van der Waals surface area contributed by atoms with E-state index in [0.717, 1.165) is 37.0 Å². The molecule has 6 fully saturated rings. The zero-order valence-electron chi connectivity index (χ0n) is 21.5. The maximum Gasteiger partial charge on any atom is 0.255 e. The zero-order chi connectivity index (χ0) is 24.9. The molecule has 1 aromatic heterocycles. The Morgan fingerprint density at radius 1 is 0.944 bits per heavy atom. The van der Waals surface area contributed by atoms with Crippen LogP contribution in [0.15, 0.2) is 4.79 Å². The molecule has 0 unspecified atom stereocenters. The molecular weight excluding hydrogens is 458 g/mol. The number of morpholine rings is 1. The first kappa shape index (κ1) is 23.9. The molecule has 2 amide bonds. The molecule has 4 bridgehead atoms. The molecule has 7 rings (SSSR count). The van der Waals surface area contributed by atoms with Gasteiger partial charge >= 0.3 is 0 Å². The van der Waals surface area contributed by atoms with Crippen LogP contribution in [0.1, 0.15) is 56.2 Å². The van der Waals surface area contributed by atoms with Crippen molar-refractivity contribution in [2.24, 2.45) is 23.2 Å². The topological polar surface area (TPSA) is 98.8 Å². The van der Waals surface area contributed by atoms with Crippen molar-refractivity contribution in [3.8, 4) is 0 Å². The smallest absolute Gasteiger partial charge is 0.255 e. The van der Waals surface area contributed by atoms with Gasteiger partial charge in [0.2, 0.25) is 17.8 Å². The van der Waals surface area contributed by atoms with Gasteiger partial charge in [0.05, 0.1) is 18.6 Å². The third kappa shape index (κ3) is 4.44. The quantitative estimate of drug-likeness (QED) is 0.665. The molecule has 36 heavy (non-hydrogen) atoms. The lowest BCUT2D eigenvalue weighted by Gasteiger charge is -2.57. The molecule has 2 aliphatic heterocycles. The van der Waals surface area contributed by atoms with Crippen molar-refractivity contribution in [3.05, 3.63) is 21.6 Å². The molecule has 1 N–H and O–H groups in total. The van der Waals surface area contributed by atoms with Gasteiger partial charge in [-0.3, -0.25) is 19.4 Å². The van der Waals surface area contributed by atoms with Crippen molar-refractivity contribution in [1.82, 2.24) is 19.8 Å². The normalized spacial score (nSPS) is 31.7. The third-order valence-corrected chi connectivity index (χ3v) is 9.52. The molecule has 9 heteroatoms. The SMILES string of the molecule is Cc1nc(N2CCOCC2)[nH]c(=O)c1CCC(=O)N1CCN(C(=O)C23CC4CC(CC(C4)C2)C3)CC1. The summed E-state index contributed by atoms with van der Waals surface area (Å²) in [4.78, 5) is 52.8. The minimum absolute atomic E-state index is 0.0490. The standard InChI is InChI=1S/C27H39N5O4/c1-18-22(24(34)29-26(28-18)32-8-10-36-11-9-32)2-3-23(33)30-4-6-31(7-5-30)25(35)27-15-19-12-20(16-27)14-21(13-19)17-27/h19-21H,2-17H2,1H3,(H,28,29,34). The number of carbonyl (C=O) groups is 2. The number of anilines is 1. The lowest BCUT2D eigenvalue weighted by molar-refractivity contribution is -0.160. The Hall–Kier alpha value is -2.42. The number of piperazine rings is 1. The first-order valence-corrected chi connectivity index (χ1v) is 13.9. The summed E-state index contributed by atoms with van der Waals surface area (Å²) in [6.45, 7) is 6.92. The second kappa shape index (κ2) is 9.47. The Morgan fingerprint density at radius 2 is 1.53 bits per heavy atom. The highest BCUT2D eigenvalue weighted by Crippen LogP contribution is 2.60. The molecule has 0 atom stereocenters. The van der Waals surface area contributed by atoms with E-state index in [9.17, 15) is 14.4 Å². The van der Waals surface area contributed by atoms with Crippen LogP contribution in [0.4, 0.5) is 5.95 Å². The van der Waals surface area contributed by atoms with Crippen LogP contribution in [0.25, 0.3) is 0 Å². The highest BCUT2D eigenvalue weighted by molar-refractivity contribution is 5.84. The number of carbonyl (C=O) groups excluding carboxylic acids is 2. The van der Waals surface area contributed by atoms with Gasteiger partial charge in [-0.15, -0.1) is 0 Å². The number of hydrogen-bond acceptors (Lipinski definition) is 6. The summed E-state index contributed by atoms with van der Waals surface area (Å²) in [5, 5.41) is 0. The Balaban J connectivity index is 1.02. The zero-order valence-corrected chi connectivity index (χ0v) is 21.5. The van der Waals surface area contributed by atoms with Crippen molar-refractivity contribution >= 4 is 17.8 Å². The van der Waals surface area contributed by atoms with Gasteiger partial charge in [-0.25, -0.2) is 4.98 Å². The molecule has 2 saturated heterocycles. The van der Waals surface area contributed by atoms with Crippen LogP contribution in [0.5, 0.6) is 0 Å². The van der Waals surface area contributed by atoms with Crippen molar-refractivity contribution < 1.29 is 14.3 Å². The number of nitrogens with zero attached hydrogens (tertiary/aromatic N) is 4. The molecule has 3 heterocycles. The number of nitrogens with one attached hydrogen (secondary N) is 1. The molecule has 4 saturated carbocycles. The fraction of sp³-hybridized carbons (Fsp3) is 0.778. The maximum absolute atomic E-state index is 13.6. The Bertz CT molecular complexity index is 1040. The highest BCUT2D eigenvalue weighted by atomic mass is 16.5. The Labute approximate surface area is 212 Å². The van der Waals surface area contributed by atoms with E-state index in [1.807, 2.05) is 21.6 Å². The average Bonchev–Trinajstić information content (AvgIpc) is 2.87. The summed E-state index contributed by atoms with van der Waals surface area (Å²) in [6.07, 6.45) is 7.93. The lowest BCUT2D eigenvalue weighted by atomic mass is 9.49. The fourth-order valence-corrected chi connectivity index (χ4v) is 8.07. The van der Waals surface area contributed by atoms with Crippen LogP contribution in [0.3, 0.4) is 0 Å². The first-order valence-electron chi connectivity index (χ1n) is 13.9. The minimum Gasteiger partial charge on any atom is -0.378 e. The van der Waals surface area contributed by atoms with Gasteiger partial charge < -0.3 is 19.4 Å². The van der Waals surface area contributed by atoms with Crippen molar-refractivity contribution in [1.29, 1.82) is 0 Å². The second-order valence-corrected chi connectivity index (χ2v) is 11.9. The number of amides is 2. The summed E-state index contributed by atoms with van der Waals surface area (Å²) >= 11 is 0. The monoisotopic (exact) mass is 497 g/mol. The van der Waals surface area contributed by atoms with E-state index in [1.165, 1.54) is 19.3 Å². The van der Waals surface area contributed by atoms with Crippen LogP contribution in [-0.4, -0.2) is 84.1 Å². The molecule has 1 aromatic rings. The van der Waals surface area contributed by atoms with Crippen LogP contribution in [-0.2, 0) is 20.7 Å². The summed E-state index contributed by atoms with van der Waals surface area (Å²) in [6, 6.07) is 0. The van der Waals surface area contributed by atoms with Crippen LogP contribution in [0, 0.1) is 30.1 Å². The molecule has 0 radical (unpaired) electrons. The number of rotatable bonds is 5. The van der Waals surface area contributed by atoms with Crippen LogP contribution < -0.4 is 10.5 Å². The molecule has 0 aromatic carbocycles. The minimum atomic E-state index is -0.164. The summed E-state index contributed by atoms with van der Waals surface area (Å²) in [5.74, 6) is 3.26. The summed E-state index contributed by atoms with van der Waals surface area (Å²) in [5.41, 5.74) is 0.984. The predicted octanol–water partition coefficient (Wildman–Crippen LogP) is 1.73. The third-order valence-electron chi connectivity index (χ3n) is 9.52. The number of aromatic nitrogens is 2. The predicted molar refractivity (Wildman–Crippen MR) is 135 cm³/mol. The largest absolute Gasteiger partial charge is 0.378 e. The van der Waals surface area contributed by atoms with Gasteiger partial charge in [-0.2, -0.15) is 0 Å². The molecule has 4 aliphatic carbocycles. The van der Waals surface area contributed by atoms with Crippen LogP contribution >= 0.6 is 0 Å². The molecular formula is C27H39N5O4. The van der Waals surface area contributed by atoms with Crippen LogP contribution in [0.2, 0.25) is 0 Å². The van der Waals surface area contributed by atoms with Gasteiger partial charge in [-0.1, -0.05) is 0 Å². The van der Waals surface area contributed by atoms with Gasteiger partial charge in [0.25, 0.3) is 5.56 Å². The lowest BCUT2D eigenvalue weighted by Crippen LogP contribution is -2.58. The Morgan fingerprint density at radius 3 is 2.11 bits per heavy atom. The average molecular weight is 498 g/mol. The van der Waals surface area contributed by atoms with E-state index in [0.29, 0.717) is 82.0 Å². The van der Waals surface area contributed by atoms with Crippen molar-refractivity contribution in [2.45, 2.75) is 58.3 Å². The van der Waals surface area contributed by atoms with E-state index in [1.54, 1.807) is 0 Å². The fourth-order valence-electron chi connectivity index (χ4n) is 8.07. The van der Waals surface area contributed by atoms with E-state index >= 15 is 0 Å². The van der Waals surface area contributed by atoms with E-state index in [-0.39, 0.29) is 23.3 Å². The second-order valence-electron chi connectivity index (χ2n) is 11.9. The summed E-state index contributed by atoms with van der Waals surface area (Å²) < 4.78 is 5.38. The van der Waals surface area contributed by atoms with E-state index in [4.69, 9.17) is 4.74 Å². The van der Waals surface area contributed by atoms with Gasteiger partial charge in [0.1, 0.15) is 0 Å². The Kier molecular flexibility index (Phi) is 6.30. The van der Waals surface area contributed by atoms with Crippen molar-refractivity contribution in [3.63, 3.8) is 0 Å². The first-order chi connectivity index (χ1) is 17.4. The molecule has 9 nitrogen and oxygen atoms in total. The highest BCUT2D eigenvalue weighted by Gasteiger charge is 2.55. The number of aryl methyl sites for hydroxylation is 1. The molecule has 6 aliphatic rings. The van der Waals surface area contributed by atoms with E-state index < -0.39 is 0 Å². The number of ether oxygens (including phenoxy) is 1. The molecule has 196 valence electrons.